The van der Waals surface area contributed by atoms with E-state index < -0.39 is 0 Å². The van der Waals surface area contributed by atoms with Crippen LogP contribution >= 0.6 is 11.5 Å². The maximum Gasteiger partial charge on any atom is 0.185 e. The Hall–Kier alpha value is -2.01. The van der Waals surface area contributed by atoms with Crippen molar-refractivity contribution in [1.82, 2.24) is 4.37 Å². The van der Waals surface area contributed by atoms with Crippen LogP contribution in [0.15, 0.2) is 60.7 Å². The van der Waals surface area contributed by atoms with Gasteiger partial charge in [0.05, 0.1) is 21.8 Å². The molecule has 134 valence electrons. The molecule has 2 heterocycles. The van der Waals surface area contributed by atoms with Crippen LogP contribution in [0, 0.1) is 0 Å². The lowest BCUT2D eigenvalue weighted by Gasteiger charge is -2.30. The summed E-state index contributed by atoms with van der Waals surface area (Å²) in [6.07, 6.45) is -0.329. The first kappa shape index (κ1) is 17.4. The Kier molecular flexibility index (Phi) is 4.22. The molecule has 0 N–H and O–H groups in total. The van der Waals surface area contributed by atoms with Crippen LogP contribution in [0.4, 0.5) is 0 Å². The summed E-state index contributed by atoms with van der Waals surface area (Å²) in [7, 11) is 0. The minimum atomic E-state index is -0.329. The zero-order valence-electron chi connectivity index (χ0n) is 15.5. The molecule has 1 saturated heterocycles. The average molecular weight is 365 g/mol. The second-order valence-electron chi connectivity index (χ2n) is 7.65. The Morgan fingerprint density at radius 1 is 0.808 bits per heavy atom. The van der Waals surface area contributed by atoms with E-state index in [1.807, 2.05) is 18.2 Å². The molecule has 4 heteroatoms. The van der Waals surface area contributed by atoms with Crippen LogP contribution in [-0.4, -0.2) is 15.6 Å². The van der Waals surface area contributed by atoms with E-state index in [2.05, 4.69) is 74.5 Å². The van der Waals surface area contributed by atoms with E-state index in [1.165, 1.54) is 22.0 Å². The minimum Gasteiger partial charge on any atom is -0.339 e. The van der Waals surface area contributed by atoms with E-state index in [0.29, 0.717) is 0 Å². The van der Waals surface area contributed by atoms with Crippen molar-refractivity contribution in [3.63, 3.8) is 0 Å². The predicted molar refractivity (Wildman–Crippen MR) is 106 cm³/mol. The molecule has 3 nitrogen and oxygen atoms in total. The first-order valence-electron chi connectivity index (χ1n) is 8.84. The summed E-state index contributed by atoms with van der Waals surface area (Å²) in [4.78, 5) is 1.18. The molecule has 1 aliphatic heterocycles. The van der Waals surface area contributed by atoms with Crippen molar-refractivity contribution in [1.29, 1.82) is 0 Å². The average Bonchev–Trinajstić information content (AvgIpc) is 3.19. The maximum atomic E-state index is 6.12. The Labute approximate surface area is 158 Å². The molecule has 0 amide bonds. The van der Waals surface area contributed by atoms with Gasteiger partial charge in [0.15, 0.2) is 6.29 Å². The number of benzene rings is 2. The predicted octanol–water partition coefficient (Wildman–Crippen LogP) is 6.08. The zero-order chi connectivity index (χ0) is 18.4. The standard InChI is InChI=1S/C22H23NO2S/c1-21(2)22(3,4)25-20(24-21)17-12-10-15(11-13-17)18-14-19(26-23-18)16-8-6-5-7-9-16/h5-14,20H,1-4H3. The van der Waals surface area contributed by atoms with Crippen LogP contribution in [0.25, 0.3) is 21.7 Å². The SMILES string of the molecule is CC1(C)OC(c2ccc(-c3cc(-c4ccccc4)sn3)cc2)OC1(C)C. The Bertz CT molecular complexity index is 881. The molecule has 26 heavy (non-hydrogen) atoms. The molecule has 0 atom stereocenters. The van der Waals surface area contributed by atoms with E-state index in [9.17, 15) is 0 Å². The van der Waals surface area contributed by atoms with E-state index in [-0.39, 0.29) is 17.5 Å². The highest BCUT2D eigenvalue weighted by atomic mass is 32.1. The zero-order valence-corrected chi connectivity index (χ0v) is 16.3. The highest BCUT2D eigenvalue weighted by Gasteiger charge is 2.49. The molecule has 4 rings (SSSR count). The van der Waals surface area contributed by atoms with E-state index >= 15 is 0 Å². The van der Waals surface area contributed by atoms with Gasteiger partial charge in [-0.25, -0.2) is 0 Å². The quantitative estimate of drug-likeness (QED) is 0.564. The molecule has 0 bridgehead atoms. The first-order valence-corrected chi connectivity index (χ1v) is 9.61. The van der Waals surface area contributed by atoms with Gasteiger partial charge in [-0.1, -0.05) is 54.6 Å². The van der Waals surface area contributed by atoms with Gasteiger partial charge in [0.2, 0.25) is 0 Å². The number of rotatable bonds is 3. The third-order valence-electron chi connectivity index (χ3n) is 5.30. The summed E-state index contributed by atoms with van der Waals surface area (Å²) in [6, 6.07) is 20.8. The maximum absolute atomic E-state index is 6.12. The van der Waals surface area contributed by atoms with Crippen LogP contribution in [0.5, 0.6) is 0 Å². The molecule has 0 saturated carbocycles. The Balaban J connectivity index is 1.55. The van der Waals surface area contributed by atoms with Crippen LogP contribution in [0.1, 0.15) is 39.5 Å². The van der Waals surface area contributed by atoms with Crippen LogP contribution in [-0.2, 0) is 9.47 Å². The fourth-order valence-corrected chi connectivity index (χ4v) is 3.70. The number of hydrogen-bond donors (Lipinski definition) is 0. The normalized spacial score (nSPS) is 18.9. The topological polar surface area (TPSA) is 31.4 Å². The fourth-order valence-electron chi connectivity index (χ4n) is 2.94. The van der Waals surface area contributed by atoms with Gasteiger partial charge >= 0.3 is 0 Å². The molecule has 0 spiro atoms. The number of aromatic nitrogens is 1. The Morgan fingerprint density at radius 3 is 2.04 bits per heavy atom. The van der Waals surface area contributed by atoms with Gasteiger partial charge in [0, 0.05) is 11.1 Å². The van der Waals surface area contributed by atoms with Crippen molar-refractivity contribution in [2.75, 3.05) is 0 Å². The summed E-state index contributed by atoms with van der Waals surface area (Å²) >= 11 is 1.53. The van der Waals surface area contributed by atoms with Crippen molar-refractivity contribution in [2.24, 2.45) is 0 Å². The number of hydrogen-bond acceptors (Lipinski definition) is 4. The van der Waals surface area contributed by atoms with Crippen LogP contribution in [0.2, 0.25) is 0 Å². The summed E-state index contributed by atoms with van der Waals surface area (Å²) in [5, 5.41) is 0. The lowest BCUT2D eigenvalue weighted by molar-refractivity contribution is -0.0895. The van der Waals surface area contributed by atoms with Crippen molar-refractivity contribution in [3.8, 4) is 21.7 Å². The number of ether oxygens (including phenoxy) is 2. The molecule has 0 unspecified atom stereocenters. The third kappa shape index (κ3) is 3.09. The molecule has 0 radical (unpaired) electrons. The first-order chi connectivity index (χ1) is 12.4. The van der Waals surface area contributed by atoms with Gasteiger partial charge in [-0.2, -0.15) is 4.37 Å². The smallest absolute Gasteiger partial charge is 0.185 e. The van der Waals surface area contributed by atoms with Crippen LogP contribution in [0.3, 0.4) is 0 Å². The molecule has 1 aliphatic rings. The second kappa shape index (κ2) is 6.31. The molecular formula is C22H23NO2S. The van der Waals surface area contributed by atoms with Gasteiger partial charge in [0.25, 0.3) is 0 Å². The van der Waals surface area contributed by atoms with Gasteiger partial charge < -0.3 is 9.47 Å². The van der Waals surface area contributed by atoms with Crippen molar-refractivity contribution in [2.45, 2.75) is 45.2 Å². The lowest BCUT2D eigenvalue weighted by Crippen LogP contribution is -2.41. The largest absolute Gasteiger partial charge is 0.339 e. The molecule has 1 fully saturated rings. The van der Waals surface area contributed by atoms with E-state index in [4.69, 9.17) is 9.47 Å². The van der Waals surface area contributed by atoms with Crippen LogP contribution < -0.4 is 0 Å². The van der Waals surface area contributed by atoms with Crippen molar-refractivity contribution < 1.29 is 9.47 Å². The van der Waals surface area contributed by atoms with Gasteiger partial charge in [0.1, 0.15) is 0 Å². The highest BCUT2D eigenvalue weighted by molar-refractivity contribution is 7.09. The third-order valence-corrected chi connectivity index (χ3v) is 6.14. The monoisotopic (exact) mass is 365 g/mol. The highest BCUT2D eigenvalue weighted by Crippen LogP contribution is 2.44. The molecular weight excluding hydrogens is 342 g/mol. The molecule has 0 aliphatic carbocycles. The molecule has 3 aromatic rings. The summed E-state index contributed by atoms with van der Waals surface area (Å²) < 4.78 is 16.9. The van der Waals surface area contributed by atoms with Gasteiger partial charge in [-0.3, -0.25) is 0 Å². The van der Waals surface area contributed by atoms with Crippen molar-refractivity contribution >= 4 is 11.5 Å². The van der Waals surface area contributed by atoms with E-state index in [1.54, 1.807) is 0 Å². The van der Waals surface area contributed by atoms with E-state index in [0.717, 1.165) is 16.8 Å². The molecule has 2 aromatic carbocycles. The van der Waals surface area contributed by atoms with Crippen molar-refractivity contribution in [3.05, 3.63) is 66.2 Å². The summed E-state index contributed by atoms with van der Waals surface area (Å²) in [6.45, 7) is 8.28. The number of nitrogens with zero attached hydrogens (tertiary/aromatic N) is 1. The fraction of sp³-hybridized carbons (Fsp3) is 0.318. The minimum absolute atomic E-state index is 0.324. The Morgan fingerprint density at radius 2 is 1.42 bits per heavy atom. The summed E-state index contributed by atoms with van der Waals surface area (Å²) in [5.74, 6) is 0. The van der Waals surface area contributed by atoms with Gasteiger partial charge in [-0.15, -0.1) is 0 Å². The van der Waals surface area contributed by atoms with Gasteiger partial charge in [-0.05, 0) is 50.9 Å². The lowest BCUT2D eigenvalue weighted by atomic mass is 9.90. The second-order valence-corrected chi connectivity index (χ2v) is 8.46. The summed E-state index contributed by atoms with van der Waals surface area (Å²) in [5.41, 5.74) is 3.68. The molecule has 1 aromatic heterocycles.